The van der Waals surface area contributed by atoms with Crippen LogP contribution < -0.4 is 15.1 Å². The summed E-state index contributed by atoms with van der Waals surface area (Å²) in [5.74, 6) is -0.134. The molecule has 3 aromatic rings. The van der Waals surface area contributed by atoms with Crippen LogP contribution in [-0.2, 0) is 4.79 Å². The molecular weight excluding hydrogens is 365 g/mol. The summed E-state index contributed by atoms with van der Waals surface area (Å²) in [6, 6.07) is 21.1. The summed E-state index contributed by atoms with van der Waals surface area (Å²) in [6.45, 7) is 6.05. The number of nitrogens with one attached hydrogen (secondary N) is 2. The second kappa shape index (κ2) is 8.62. The van der Waals surface area contributed by atoms with E-state index >= 15 is 0 Å². The molecule has 29 heavy (non-hydrogen) atoms. The molecule has 2 N–H and O–H groups in total. The van der Waals surface area contributed by atoms with Gasteiger partial charge in [-0.25, -0.2) is 4.39 Å². The van der Waals surface area contributed by atoms with E-state index in [9.17, 15) is 9.18 Å². The molecule has 4 rings (SSSR count). The minimum Gasteiger partial charge on any atom is -0.360 e. The van der Waals surface area contributed by atoms with E-state index in [4.69, 9.17) is 0 Å². The zero-order valence-corrected chi connectivity index (χ0v) is 16.7. The Morgan fingerprint density at radius 1 is 1.03 bits per heavy atom. The summed E-state index contributed by atoms with van der Waals surface area (Å²) in [5.41, 5.74) is 2.19. The number of hydrogen-bond acceptors (Lipinski definition) is 2. The van der Waals surface area contributed by atoms with Gasteiger partial charge in [-0.1, -0.05) is 42.5 Å². The zero-order valence-electron chi connectivity index (χ0n) is 16.7. The summed E-state index contributed by atoms with van der Waals surface area (Å²) in [5, 5.41) is 5.54. The van der Waals surface area contributed by atoms with E-state index in [-0.39, 0.29) is 17.8 Å². The van der Waals surface area contributed by atoms with Gasteiger partial charge >= 0.3 is 0 Å². The van der Waals surface area contributed by atoms with Crippen LogP contribution in [0, 0.1) is 5.82 Å². The van der Waals surface area contributed by atoms with Gasteiger partial charge < -0.3 is 15.1 Å². The fourth-order valence-electron chi connectivity index (χ4n) is 4.14. The number of carbonyl (C=O) groups excluding carboxylic acids is 1. The summed E-state index contributed by atoms with van der Waals surface area (Å²) in [6.07, 6.45) is 0. The van der Waals surface area contributed by atoms with E-state index in [2.05, 4.69) is 34.5 Å². The lowest BCUT2D eigenvalue weighted by molar-refractivity contribution is -0.892. The molecule has 150 valence electrons. The minimum atomic E-state index is -0.213. The van der Waals surface area contributed by atoms with Gasteiger partial charge in [-0.05, 0) is 47.5 Å². The van der Waals surface area contributed by atoms with Crippen molar-refractivity contribution in [3.63, 3.8) is 0 Å². The van der Waals surface area contributed by atoms with E-state index < -0.39 is 0 Å². The number of halogens is 1. The molecule has 1 saturated heterocycles. The first-order chi connectivity index (χ1) is 14.1. The Labute approximate surface area is 170 Å². The van der Waals surface area contributed by atoms with Gasteiger partial charge in [0.05, 0.1) is 32.2 Å². The van der Waals surface area contributed by atoms with Crippen molar-refractivity contribution >= 4 is 22.4 Å². The van der Waals surface area contributed by atoms with Crippen LogP contribution in [0.4, 0.5) is 10.1 Å². The number of amides is 1. The maximum absolute atomic E-state index is 13.1. The van der Waals surface area contributed by atoms with Crippen LogP contribution in [0.2, 0.25) is 0 Å². The van der Waals surface area contributed by atoms with Crippen molar-refractivity contribution < 1.29 is 14.1 Å². The maximum Gasteiger partial charge on any atom is 0.275 e. The number of quaternary nitrogens is 1. The Kier molecular flexibility index (Phi) is 5.76. The smallest absolute Gasteiger partial charge is 0.275 e. The summed E-state index contributed by atoms with van der Waals surface area (Å²) < 4.78 is 13.1. The number of rotatable bonds is 5. The number of benzene rings is 3. The summed E-state index contributed by atoms with van der Waals surface area (Å²) in [7, 11) is 0. The number of anilines is 1. The molecule has 0 saturated carbocycles. The molecule has 0 aromatic heterocycles. The van der Waals surface area contributed by atoms with Gasteiger partial charge in [0, 0.05) is 5.69 Å². The maximum atomic E-state index is 13.1. The molecule has 0 unspecified atom stereocenters. The van der Waals surface area contributed by atoms with Crippen molar-refractivity contribution in [3.8, 4) is 0 Å². The van der Waals surface area contributed by atoms with Crippen LogP contribution in [0.25, 0.3) is 10.8 Å². The lowest BCUT2D eigenvalue weighted by Gasteiger charge is -2.33. The number of carbonyl (C=O) groups is 1. The molecule has 1 aliphatic heterocycles. The highest BCUT2D eigenvalue weighted by molar-refractivity contribution is 5.87. The monoisotopic (exact) mass is 392 g/mol. The Morgan fingerprint density at radius 3 is 2.48 bits per heavy atom. The minimum absolute atomic E-state index is 0.0338. The van der Waals surface area contributed by atoms with Gasteiger partial charge in [-0.2, -0.15) is 0 Å². The average molecular weight is 392 g/mol. The lowest BCUT2D eigenvalue weighted by Crippen LogP contribution is -3.15. The summed E-state index contributed by atoms with van der Waals surface area (Å²) >= 11 is 0. The van der Waals surface area contributed by atoms with Crippen molar-refractivity contribution in [3.05, 3.63) is 78.1 Å². The van der Waals surface area contributed by atoms with Gasteiger partial charge in [0.25, 0.3) is 5.91 Å². The van der Waals surface area contributed by atoms with Crippen molar-refractivity contribution in [2.75, 3.05) is 37.6 Å². The molecular formula is C24H27FN3O+. The molecule has 5 heteroatoms. The first kappa shape index (κ1) is 19.4. The van der Waals surface area contributed by atoms with Gasteiger partial charge in [0.2, 0.25) is 0 Å². The van der Waals surface area contributed by atoms with Gasteiger partial charge in [0.15, 0.2) is 6.54 Å². The molecule has 1 atom stereocenters. The van der Waals surface area contributed by atoms with Gasteiger partial charge in [-0.15, -0.1) is 0 Å². The van der Waals surface area contributed by atoms with Gasteiger partial charge in [-0.3, -0.25) is 4.79 Å². The second-order valence-corrected chi connectivity index (χ2v) is 7.75. The summed E-state index contributed by atoms with van der Waals surface area (Å²) in [4.78, 5) is 16.2. The van der Waals surface area contributed by atoms with Gasteiger partial charge in [0.1, 0.15) is 5.82 Å². The predicted octanol–water partition coefficient (Wildman–Crippen LogP) is 2.56. The van der Waals surface area contributed by atoms with E-state index in [1.54, 1.807) is 0 Å². The number of nitrogens with zero attached hydrogens (tertiary/aromatic N) is 1. The second-order valence-electron chi connectivity index (χ2n) is 7.75. The van der Waals surface area contributed by atoms with Crippen LogP contribution in [0.5, 0.6) is 0 Å². The molecule has 1 heterocycles. The normalized spacial score (nSPS) is 16.0. The third kappa shape index (κ3) is 4.57. The Balaban J connectivity index is 1.31. The van der Waals surface area contributed by atoms with Crippen LogP contribution in [0.3, 0.4) is 0 Å². The SMILES string of the molecule is C[C@H](NC(=O)C[NH+]1CCN(c2ccc(F)cc2)CC1)c1cccc2ccccc12. The molecule has 1 aliphatic rings. The third-order valence-corrected chi connectivity index (χ3v) is 5.74. The fraction of sp³-hybridized carbons (Fsp3) is 0.292. The first-order valence-corrected chi connectivity index (χ1v) is 10.2. The Hall–Kier alpha value is -2.92. The van der Waals surface area contributed by atoms with E-state index in [1.165, 1.54) is 27.8 Å². The third-order valence-electron chi connectivity index (χ3n) is 5.74. The molecule has 0 radical (unpaired) electrons. The van der Waals surface area contributed by atoms with E-state index in [0.29, 0.717) is 6.54 Å². The van der Waals surface area contributed by atoms with Crippen molar-refractivity contribution in [1.82, 2.24) is 5.32 Å². The van der Waals surface area contributed by atoms with Crippen LogP contribution in [0.15, 0.2) is 66.7 Å². The molecule has 0 aliphatic carbocycles. The van der Waals surface area contributed by atoms with Crippen molar-refractivity contribution in [2.45, 2.75) is 13.0 Å². The van der Waals surface area contributed by atoms with Crippen LogP contribution in [-0.4, -0.2) is 38.6 Å². The largest absolute Gasteiger partial charge is 0.360 e. The highest BCUT2D eigenvalue weighted by Gasteiger charge is 2.23. The van der Waals surface area contributed by atoms with Crippen LogP contribution >= 0.6 is 0 Å². The van der Waals surface area contributed by atoms with Crippen LogP contribution in [0.1, 0.15) is 18.5 Å². The van der Waals surface area contributed by atoms with E-state index in [1.807, 2.05) is 37.3 Å². The molecule has 0 spiro atoms. The van der Waals surface area contributed by atoms with Crippen molar-refractivity contribution in [2.24, 2.45) is 0 Å². The predicted molar refractivity (Wildman–Crippen MR) is 115 cm³/mol. The first-order valence-electron chi connectivity index (χ1n) is 10.2. The average Bonchev–Trinajstić information content (AvgIpc) is 2.74. The topological polar surface area (TPSA) is 36.8 Å². The highest BCUT2D eigenvalue weighted by Crippen LogP contribution is 2.23. The number of piperazine rings is 1. The molecule has 1 fully saturated rings. The zero-order chi connectivity index (χ0) is 20.2. The highest BCUT2D eigenvalue weighted by atomic mass is 19.1. The molecule has 3 aromatic carbocycles. The molecule has 4 nitrogen and oxygen atoms in total. The standard InChI is InChI=1S/C24H26FN3O/c1-18(22-8-4-6-19-5-2-3-7-23(19)22)26-24(29)17-27-13-15-28(16-14-27)21-11-9-20(25)10-12-21/h2-12,18H,13-17H2,1H3,(H,26,29)/p+1/t18-/m0/s1. The molecule has 1 amide bonds. The number of hydrogen-bond donors (Lipinski definition) is 2. The fourth-order valence-corrected chi connectivity index (χ4v) is 4.14. The molecule has 0 bridgehead atoms. The van der Waals surface area contributed by atoms with E-state index in [0.717, 1.165) is 37.4 Å². The Morgan fingerprint density at radius 2 is 1.72 bits per heavy atom. The quantitative estimate of drug-likeness (QED) is 0.700. The van der Waals surface area contributed by atoms with Crippen molar-refractivity contribution in [1.29, 1.82) is 0 Å². The Bertz CT molecular complexity index is 976. The lowest BCUT2D eigenvalue weighted by atomic mass is 10.00. The number of fused-ring (bicyclic) bond motifs is 1.